The van der Waals surface area contributed by atoms with Crippen molar-refractivity contribution in [2.45, 2.75) is 57.4 Å². The van der Waals surface area contributed by atoms with Crippen molar-refractivity contribution in [3.05, 3.63) is 10.4 Å². The first-order valence-electron chi connectivity index (χ1n) is 9.57. The van der Waals surface area contributed by atoms with Gasteiger partial charge in [-0.1, -0.05) is 25.6 Å². The Hall–Kier alpha value is -0.890. The molecule has 1 atom stereocenters. The van der Waals surface area contributed by atoms with Crippen LogP contribution in [0.1, 0.15) is 44.1 Å². The summed E-state index contributed by atoms with van der Waals surface area (Å²) in [5.41, 5.74) is 1.31. The zero-order valence-electron chi connectivity index (χ0n) is 16.6. The molecule has 0 spiro atoms. The van der Waals surface area contributed by atoms with Crippen molar-refractivity contribution < 1.29 is 9.64 Å². The maximum Gasteiger partial charge on any atom is 0.190 e. The van der Waals surface area contributed by atoms with Gasteiger partial charge in [0.25, 0.3) is 0 Å². The molecule has 1 aliphatic rings. The molecule has 0 amide bonds. The number of hydrogen-bond acceptors (Lipinski definition) is 6. The summed E-state index contributed by atoms with van der Waals surface area (Å²) in [5.74, 6) is 2.06. The highest BCUT2D eigenvalue weighted by Crippen LogP contribution is 2.42. The topological polar surface area (TPSA) is 51.5 Å². The van der Waals surface area contributed by atoms with E-state index in [0.717, 1.165) is 53.9 Å². The van der Waals surface area contributed by atoms with Crippen molar-refractivity contribution in [1.29, 1.82) is 0 Å². The lowest BCUT2D eigenvalue weighted by Gasteiger charge is -2.33. The van der Waals surface area contributed by atoms with Crippen LogP contribution in [0.4, 0.5) is 5.82 Å². The van der Waals surface area contributed by atoms with Crippen molar-refractivity contribution in [2.75, 3.05) is 38.3 Å². The largest absolute Gasteiger partial charge is 0.369 e. The molecule has 0 unspecified atom stereocenters. The van der Waals surface area contributed by atoms with E-state index in [1.165, 1.54) is 20.7 Å². The Kier molecular flexibility index (Phi) is 6.43. The fraction of sp³-hybridized carbons (Fsp3) is 0.684. The van der Waals surface area contributed by atoms with E-state index in [0.29, 0.717) is 6.61 Å². The number of ether oxygens (including phenoxy) is 1. The normalized spacial score (nSPS) is 19.9. The molecule has 0 fully saturated rings. The van der Waals surface area contributed by atoms with Crippen molar-refractivity contribution in [3.63, 3.8) is 0 Å². The molecular weight excluding hydrogens is 364 g/mol. The Balaban J connectivity index is 2.00. The van der Waals surface area contributed by atoms with Gasteiger partial charge in [-0.15, -0.1) is 11.3 Å². The zero-order valence-corrected chi connectivity index (χ0v) is 18.2. The van der Waals surface area contributed by atoms with Crippen LogP contribution in [0.15, 0.2) is 5.16 Å². The fourth-order valence-electron chi connectivity index (χ4n) is 3.10. The lowest BCUT2D eigenvalue weighted by molar-refractivity contribution is -0.856. The second kappa shape index (κ2) is 8.42. The van der Waals surface area contributed by atoms with Crippen molar-refractivity contribution >= 4 is 39.1 Å². The number of likely N-dealkylation sites (N-methyl/N-ethyl adjacent to an activating group) is 1. The summed E-state index contributed by atoms with van der Waals surface area (Å²) in [5, 5.41) is 5.71. The summed E-state index contributed by atoms with van der Waals surface area (Å²) < 4.78 is 6.15. The molecule has 144 valence electrons. The van der Waals surface area contributed by atoms with Crippen LogP contribution >= 0.6 is 23.1 Å². The number of aromatic nitrogens is 2. The van der Waals surface area contributed by atoms with Gasteiger partial charge in [0.1, 0.15) is 10.6 Å². The van der Waals surface area contributed by atoms with Crippen molar-refractivity contribution in [1.82, 2.24) is 9.97 Å². The minimum absolute atomic E-state index is 0.0817. The fourth-order valence-corrected chi connectivity index (χ4v) is 4.96. The molecule has 0 saturated carbocycles. The minimum atomic E-state index is -0.0817. The zero-order chi connectivity index (χ0) is 18.7. The first-order valence-corrected chi connectivity index (χ1v) is 11.4. The molecule has 2 aromatic rings. The summed E-state index contributed by atoms with van der Waals surface area (Å²) in [4.78, 5) is 13.6. The van der Waals surface area contributed by atoms with E-state index in [-0.39, 0.29) is 5.60 Å². The van der Waals surface area contributed by atoms with Gasteiger partial charge in [0, 0.05) is 17.1 Å². The van der Waals surface area contributed by atoms with Gasteiger partial charge >= 0.3 is 0 Å². The highest BCUT2D eigenvalue weighted by atomic mass is 32.2. The molecule has 3 rings (SSSR count). The predicted molar refractivity (Wildman–Crippen MR) is 112 cm³/mol. The van der Waals surface area contributed by atoms with Crippen LogP contribution < -0.4 is 10.2 Å². The Morgan fingerprint density at radius 1 is 1.31 bits per heavy atom. The van der Waals surface area contributed by atoms with Gasteiger partial charge in [0.15, 0.2) is 5.16 Å². The van der Waals surface area contributed by atoms with E-state index in [1.807, 2.05) is 0 Å². The lowest BCUT2D eigenvalue weighted by atomic mass is 9.90. The first-order chi connectivity index (χ1) is 12.5. The first kappa shape index (κ1) is 19.9. The monoisotopic (exact) mass is 395 g/mol. The van der Waals surface area contributed by atoms with Crippen LogP contribution in [-0.4, -0.2) is 48.5 Å². The molecule has 0 aromatic carbocycles. The lowest BCUT2D eigenvalue weighted by Crippen LogP contribution is -3.06. The number of rotatable bonds is 8. The third kappa shape index (κ3) is 4.32. The maximum atomic E-state index is 6.15. The van der Waals surface area contributed by atoms with Gasteiger partial charge in [-0.3, -0.25) is 0 Å². The van der Waals surface area contributed by atoms with Crippen molar-refractivity contribution in [2.24, 2.45) is 0 Å². The van der Waals surface area contributed by atoms with E-state index in [9.17, 15) is 0 Å². The molecule has 0 bridgehead atoms. The molecule has 0 saturated heterocycles. The number of nitrogens with zero attached hydrogens (tertiary/aromatic N) is 2. The highest BCUT2D eigenvalue weighted by Gasteiger charge is 2.33. The second-order valence-corrected chi connectivity index (χ2v) is 9.69. The molecule has 0 radical (unpaired) electrons. The molecule has 2 N–H and O–H groups in total. The molecule has 5 nitrogen and oxygen atoms in total. The van der Waals surface area contributed by atoms with Gasteiger partial charge in [-0.05, 0) is 25.3 Å². The molecule has 1 aliphatic heterocycles. The Bertz CT molecular complexity index is 762. The smallest absolute Gasteiger partial charge is 0.190 e. The average Bonchev–Trinajstić information content (AvgIpc) is 2.97. The van der Waals surface area contributed by atoms with Crippen LogP contribution in [0.5, 0.6) is 0 Å². The molecule has 2 aromatic heterocycles. The Morgan fingerprint density at radius 2 is 2.12 bits per heavy atom. The highest BCUT2D eigenvalue weighted by molar-refractivity contribution is 7.99. The quantitative estimate of drug-likeness (QED) is 0.532. The van der Waals surface area contributed by atoms with E-state index >= 15 is 0 Å². The number of nitrogens with one attached hydrogen (secondary N) is 2. The third-order valence-electron chi connectivity index (χ3n) is 4.92. The molecular formula is C19H31N4OS2+. The molecule has 26 heavy (non-hydrogen) atoms. The Labute approximate surface area is 164 Å². The molecule has 3 heterocycles. The SMILES string of the molecule is CCCSc1nc(NCC[NH+](C)C)c2c3c(sc2n1)CO[C@@](C)(CC)C3. The number of thioether (sulfide) groups is 1. The average molecular weight is 396 g/mol. The standard InChI is InChI=1S/C19H30N4OS2/c1-6-10-25-18-21-16(20-8-9-23(4)5)15-13-11-19(3,7-2)24-12-14(13)26-17(15)22-18/h6-12H2,1-5H3,(H,20,21,22)/p+1/t19-/m0/s1. The Morgan fingerprint density at radius 3 is 2.81 bits per heavy atom. The van der Waals surface area contributed by atoms with Gasteiger partial charge < -0.3 is 15.0 Å². The van der Waals surface area contributed by atoms with E-state index in [4.69, 9.17) is 14.7 Å². The van der Waals surface area contributed by atoms with Crippen LogP contribution in [0.25, 0.3) is 10.2 Å². The van der Waals surface area contributed by atoms with Gasteiger partial charge in [0.2, 0.25) is 0 Å². The van der Waals surface area contributed by atoms with E-state index in [1.54, 1.807) is 23.1 Å². The molecule has 0 aliphatic carbocycles. The van der Waals surface area contributed by atoms with Gasteiger partial charge in [-0.2, -0.15) is 0 Å². The van der Waals surface area contributed by atoms with E-state index < -0.39 is 0 Å². The van der Waals surface area contributed by atoms with Crippen LogP contribution in [-0.2, 0) is 17.8 Å². The van der Waals surface area contributed by atoms with Gasteiger partial charge in [-0.25, -0.2) is 9.97 Å². The van der Waals surface area contributed by atoms with Crippen LogP contribution in [0, 0.1) is 0 Å². The second-order valence-electron chi connectivity index (χ2n) is 7.54. The summed E-state index contributed by atoms with van der Waals surface area (Å²) in [6.45, 7) is 9.28. The number of anilines is 1. The number of quaternary nitrogens is 1. The summed E-state index contributed by atoms with van der Waals surface area (Å²) in [6.07, 6.45) is 3.08. The summed E-state index contributed by atoms with van der Waals surface area (Å²) in [7, 11) is 4.35. The number of thiophene rings is 1. The molecule has 7 heteroatoms. The third-order valence-corrected chi connectivity index (χ3v) is 7.07. The van der Waals surface area contributed by atoms with E-state index in [2.05, 4.69) is 40.2 Å². The summed E-state index contributed by atoms with van der Waals surface area (Å²) in [6, 6.07) is 0. The summed E-state index contributed by atoms with van der Waals surface area (Å²) >= 11 is 3.53. The number of hydrogen-bond donors (Lipinski definition) is 2. The minimum Gasteiger partial charge on any atom is -0.369 e. The van der Waals surface area contributed by atoms with Gasteiger partial charge in [0.05, 0.1) is 44.8 Å². The predicted octanol–water partition coefficient (Wildman–Crippen LogP) is 2.99. The van der Waals surface area contributed by atoms with Crippen molar-refractivity contribution in [3.8, 4) is 0 Å². The maximum absolute atomic E-state index is 6.15. The van der Waals surface area contributed by atoms with Crippen LogP contribution in [0.2, 0.25) is 0 Å². The van der Waals surface area contributed by atoms with Crippen LogP contribution in [0.3, 0.4) is 0 Å². The number of fused-ring (bicyclic) bond motifs is 3.